The van der Waals surface area contributed by atoms with E-state index in [2.05, 4.69) is 10.4 Å². The Kier molecular flexibility index (Phi) is 7.08. The van der Waals surface area contributed by atoms with E-state index in [1.807, 2.05) is 56.5 Å². The molecular formula is C23H30N4O4S. The summed E-state index contributed by atoms with van der Waals surface area (Å²) in [6, 6.07) is 8.76. The van der Waals surface area contributed by atoms with Crippen LogP contribution in [-0.2, 0) is 4.79 Å². The summed E-state index contributed by atoms with van der Waals surface area (Å²) in [5.74, 6) is 1.03. The number of thiophene rings is 1. The molecule has 1 aromatic carbocycles. The third-order valence-corrected chi connectivity index (χ3v) is 5.89. The number of hydrogen-bond acceptors (Lipinski definition) is 6. The van der Waals surface area contributed by atoms with Crippen molar-refractivity contribution in [2.24, 2.45) is 5.10 Å². The molecule has 0 unspecified atom stereocenters. The maximum Gasteiger partial charge on any atom is 0.318 e. The van der Waals surface area contributed by atoms with Gasteiger partial charge in [-0.25, -0.2) is 9.80 Å². The molecule has 2 aromatic rings. The fraction of sp³-hybridized carbons (Fsp3) is 0.435. The van der Waals surface area contributed by atoms with E-state index >= 15 is 0 Å². The summed E-state index contributed by atoms with van der Waals surface area (Å²) < 4.78 is 11.0. The number of benzene rings is 1. The van der Waals surface area contributed by atoms with Gasteiger partial charge in [-0.15, -0.1) is 11.3 Å². The molecule has 32 heavy (non-hydrogen) atoms. The van der Waals surface area contributed by atoms with E-state index in [1.54, 1.807) is 32.6 Å². The summed E-state index contributed by atoms with van der Waals surface area (Å²) in [7, 11) is 4.79. The van der Waals surface area contributed by atoms with Gasteiger partial charge < -0.3 is 19.7 Å². The fourth-order valence-corrected chi connectivity index (χ4v) is 4.16. The Morgan fingerprint density at radius 2 is 2.00 bits per heavy atom. The van der Waals surface area contributed by atoms with Gasteiger partial charge in [0.15, 0.2) is 0 Å². The third kappa shape index (κ3) is 5.40. The lowest BCUT2D eigenvalue weighted by Gasteiger charge is -2.28. The zero-order valence-electron chi connectivity index (χ0n) is 19.3. The molecule has 3 rings (SSSR count). The Morgan fingerprint density at radius 1 is 1.25 bits per heavy atom. The van der Waals surface area contributed by atoms with Gasteiger partial charge in [0.2, 0.25) is 0 Å². The highest BCUT2D eigenvalue weighted by Crippen LogP contribution is 2.39. The number of amides is 3. The molecule has 1 N–H and O–H groups in total. The van der Waals surface area contributed by atoms with Gasteiger partial charge in [-0.1, -0.05) is 6.07 Å². The number of carbonyl (C=O) groups is 2. The largest absolute Gasteiger partial charge is 0.497 e. The number of hydrogen-bond donors (Lipinski definition) is 1. The van der Waals surface area contributed by atoms with Crippen molar-refractivity contribution in [3.05, 3.63) is 46.2 Å². The zero-order chi connectivity index (χ0) is 23.5. The number of methoxy groups -OCH3 is 2. The SMILES string of the molecule is COc1ccc(OC)c([C@@H]2CC(c3cccs3)=NN2C(=O)CN(C)C(=O)NC(C)(C)C)c1. The van der Waals surface area contributed by atoms with Crippen LogP contribution in [0, 0.1) is 0 Å². The van der Waals surface area contributed by atoms with Gasteiger partial charge in [0.05, 0.1) is 30.9 Å². The zero-order valence-corrected chi connectivity index (χ0v) is 20.2. The van der Waals surface area contributed by atoms with E-state index in [9.17, 15) is 9.59 Å². The van der Waals surface area contributed by atoms with E-state index < -0.39 is 5.54 Å². The van der Waals surface area contributed by atoms with E-state index in [-0.39, 0.29) is 24.5 Å². The molecule has 9 heteroatoms. The Labute approximate surface area is 192 Å². The number of rotatable bonds is 6. The van der Waals surface area contributed by atoms with Crippen molar-refractivity contribution in [2.75, 3.05) is 27.8 Å². The summed E-state index contributed by atoms with van der Waals surface area (Å²) in [5, 5.41) is 11.0. The molecule has 0 aliphatic carbocycles. The molecule has 0 fully saturated rings. The highest BCUT2D eigenvalue weighted by atomic mass is 32.1. The van der Waals surface area contributed by atoms with Crippen LogP contribution >= 0.6 is 11.3 Å². The second-order valence-electron chi connectivity index (χ2n) is 8.63. The maximum atomic E-state index is 13.3. The van der Waals surface area contributed by atoms with Gasteiger partial charge >= 0.3 is 6.03 Å². The fourth-order valence-electron chi connectivity index (χ4n) is 3.44. The number of ether oxygens (including phenoxy) is 2. The van der Waals surface area contributed by atoms with Crippen LogP contribution in [0.1, 0.15) is 43.7 Å². The molecule has 2 heterocycles. The number of urea groups is 1. The van der Waals surface area contributed by atoms with Crippen LogP contribution < -0.4 is 14.8 Å². The molecule has 1 atom stereocenters. The van der Waals surface area contributed by atoms with E-state index in [4.69, 9.17) is 9.47 Å². The van der Waals surface area contributed by atoms with E-state index in [0.717, 1.165) is 16.2 Å². The minimum absolute atomic E-state index is 0.105. The lowest BCUT2D eigenvalue weighted by Crippen LogP contribution is -2.49. The first-order chi connectivity index (χ1) is 15.1. The van der Waals surface area contributed by atoms with Crippen LogP contribution in [0.3, 0.4) is 0 Å². The molecular weight excluding hydrogens is 428 g/mol. The van der Waals surface area contributed by atoms with Crippen molar-refractivity contribution >= 4 is 29.0 Å². The predicted octanol–water partition coefficient (Wildman–Crippen LogP) is 3.88. The lowest BCUT2D eigenvalue weighted by molar-refractivity contribution is -0.133. The smallest absolute Gasteiger partial charge is 0.318 e. The van der Waals surface area contributed by atoms with Gasteiger partial charge in [-0.2, -0.15) is 5.10 Å². The first kappa shape index (κ1) is 23.6. The average molecular weight is 459 g/mol. The number of carbonyl (C=O) groups excluding carboxylic acids is 2. The molecule has 3 amide bonds. The molecule has 0 radical (unpaired) electrons. The molecule has 8 nitrogen and oxygen atoms in total. The van der Waals surface area contributed by atoms with Gasteiger partial charge in [0.1, 0.15) is 18.0 Å². The number of likely N-dealkylation sites (N-methyl/N-ethyl adjacent to an activating group) is 1. The van der Waals surface area contributed by atoms with Crippen molar-refractivity contribution < 1.29 is 19.1 Å². The number of nitrogens with one attached hydrogen (secondary N) is 1. The average Bonchev–Trinajstić information content (AvgIpc) is 3.41. The minimum Gasteiger partial charge on any atom is -0.497 e. The Balaban J connectivity index is 1.90. The predicted molar refractivity (Wildman–Crippen MR) is 126 cm³/mol. The summed E-state index contributed by atoms with van der Waals surface area (Å²) in [5.41, 5.74) is 1.23. The van der Waals surface area contributed by atoms with Crippen molar-refractivity contribution in [3.8, 4) is 11.5 Å². The minimum atomic E-state index is -0.400. The van der Waals surface area contributed by atoms with Crippen LogP contribution in [0.4, 0.5) is 4.79 Å². The Morgan fingerprint density at radius 3 is 2.59 bits per heavy atom. The van der Waals surface area contributed by atoms with Crippen LogP contribution in [0.25, 0.3) is 0 Å². The Bertz CT molecular complexity index is 998. The summed E-state index contributed by atoms with van der Waals surface area (Å²) in [6.07, 6.45) is 0.535. The molecule has 172 valence electrons. The summed E-state index contributed by atoms with van der Waals surface area (Å²) in [6.45, 7) is 5.57. The molecule has 0 spiro atoms. The van der Waals surface area contributed by atoms with Crippen LogP contribution in [-0.4, -0.2) is 60.9 Å². The van der Waals surface area contributed by atoms with Crippen molar-refractivity contribution in [2.45, 2.75) is 38.8 Å². The maximum absolute atomic E-state index is 13.3. The van der Waals surface area contributed by atoms with Gasteiger partial charge in [-0.05, 0) is 50.4 Å². The quantitative estimate of drug-likeness (QED) is 0.712. The van der Waals surface area contributed by atoms with E-state index in [1.165, 1.54) is 9.91 Å². The lowest BCUT2D eigenvalue weighted by atomic mass is 9.99. The van der Waals surface area contributed by atoms with Crippen LogP contribution in [0.5, 0.6) is 11.5 Å². The van der Waals surface area contributed by atoms with Crippen LogP contribution in [0.15, 0.2) is 40.8 Å². The van der Waals surface area contributed by atoms with E-state index in [0.29, 0.717) is 17.9 Å². The van der Waals surface area contributed by atoms with Crippen molar-refractivity contribution in [1.82, 2.24) is 15.2 Å². The van der Waals surface area contributed by atoms with Crippen molar-refractivity contribution in [1.29, 1.82) is 0 Å². The standard InChI is InChI=1S/C23H30N4O4S/c1-23(2,3)24-22(29)26(4)14-21(28)27-18(13-17(25-27)20-8-7-11-32-20)16-12-15(30-5)9-10-19(16)31-6/h7-12,18H,13-14H2,1-6H3,(H,24,29)/t18-/m0/s1. The van der Waals surface area contributed by atoms with Gasteiger partial charge in [0, 0.05) is 24.6 Å². The second kappa shape index (κ2) is 9.60. The Hall–Kier alpha value is -3.07. The highest BCUT2D eigenvalue weighted by molar-refractivity contribution is 7.12. The molecule has 1 aliphatic heterocycles. The topological polar surface area (TPSA) is 83.5 Å². The molecule has 1 aromatic heterocycles. The first-order valence-corrected chi connectivity index (χ1v) is 11.2. The highest BCUT2D eigenvalue weighted by Gasteiger charge is 2.36. The summed E-state index contributed by atoms with van der Waals surface area (Å²) >= 11 is 1.57. The van der Waals surface area contributed by atoms with Gasteiger partial charge in [-0.3, -0.25) is 4.79 Å². The molecule has 0 bridgehead atoms. The summed E-state index contributed by atoms with van der Waals surface area (Å²) in [4.78, 5) is 28.1. The van der Waals surface area contributed by atoms with Crippen LogP contribution in [0.2, 0.25) is 0 Å². The first-order valence-electron chi connectivity index (χ1n) is 10.3. The third-order valence-electron chi connectivity index (χ3n) is 4.97. The number of nitrogens with zero attached hydrogens (tertiary/aromatic N) is 3. The molecule has 0 saturated heterocycles. The number of hydrazone groups is 1. The van der Waals surface area contributed by atoms with Gasteiger partial charge in [0.25, 0.3) is 5.91 Å². The normalized spacial score (nSPS) is 15.9. The monoisotopic (exact) mass is 458 g/mol. The second-order valence-corrected chi connectivity index (χ2v) is 9.57. The molecule has 0 saturated carbocycles. The van der Waals surface area contributed by atoms with Crippen molar-refractivity contribution in [3.63, 3.8) is 0 Å². The molecule has 1 aliphatic rings.